The average molecular weight is 565 g/mol. The highest BCUT2D eigenvalue weighted by molar-refractivity contribution is 6.18. The first kappa shape index (κ1) is 28.9. The summed E-state index contributed by atoms with van der Waals surface area (Å²) in [5.74, 6) is -6.16. The Kier molecular flexibility index (Phi) is 8.43. The molecule has 3 aromatic rings. The second kappa shape index (κ2) is 12.0. The van der Waals surface area contributed by atoms with Crippen molar-refractivity contribution in [2.75, 3.05) is 20.1 Å². The quantitative estimate of drug-likeness (QED) is 0.266. The number of rotatable bonds is 7. The van der Waals surface area contributed by atoms with Crippen LogP contribution in [0.15, 0.2) is 54.6 Å². The number of hydroxylamine groups is 2. The first-order valence-electron chi connectivity index (χ1n) is 12.7. The fourth-order valence-electron chi connectivity index (χ4n) is 4.67. The zero-order valence-electron chi connectivity index (χ0n) is 22.0. The maximum atomic E-state index is 13.0. The van der Waals surface area contributed by atoms with Crippen LogP contribution in [0.3, 0.4) is 0 Å². The fraction of sp³-hybridized carbons (Fsp3) is 0.241. The van der Waals surface area contributed by atoms with Crippen LogP contribution in [-0.2, 0) is 4.84 Å². The number of nitrogens with zero attached hydrogens (tertiary/aromatic N) is 2. The molecule has 0 bridgehead atoms. The van der Waals surface area contributed by atoms with E-state index in [2.05, 4.69) is 0 Å². The van der Waals surface area contributed by atoms with Gasteiger partial charge in [-0.2, -0.15) is 0 Å². The highest BCUT2D eigenvalue weighted by Crippen LogP contribution is 2.35. The van der Waals surface area contributed by atoms with E-state index in [4.69, 9.17) is 4.84 Å². The molecule has 0 radical (unpaired) electrons. The summed E-state index contributed by atoms with van der Waals surface area (Å²) in [6, 6.07) is 10.7. The number of aromatic carboxylic acids is 1. The molecule has 0 saturated carbocycles. The van der Waals surface area contributed by atoms with Gasteiger partial charge in [0.2, 0.25) is 5.78 Å². The average Bonchev–Trinajstić information content (AvgIpc) is 3.17. The van der Waals surface area contributed by atoms with Gasteiger partial charge < -0.3 is 35.3 Å². The van der Waals surface area contributed by atoms with Gasteiger partial charge in [-0.15, -0.1) is 5.06 Å². The smallest absolute Gasteiger partial charge is 0.357 e. The van der Waals surface area contributed by atoms with Gasteiger partial charge in [0.1, 0.15) is 28.6 Å². The van der Waals surface area contributed by atoms with Crippen molar-refractivity contribution in [3.63, 3.8) is 0 Å². The number of ketones is 1. The van der Waals surface area contributed by atoms with Crippen LogP contribution < -0.4 is 0 Å². The van der Waals surface area contributed by atoms with Crippen molar-refractivity contribution in [3.8, 4) is 23.0 Å². The van der Waals surface area contributed by atoms with E-state index in [0.29, 0.717) is 24.9 Å². The minimum Gasteiger partial charge on any atom is -0.508 e. The van der Waals surface area contributed by atoms with Gasteiger partial charge in [-0.25, -0.2) is 9.59 Å². The molecular formula is C29H28N2O10. The Bertz CT molecular complexity index is 1480. The normalized spacial score (nSPS) is 15.5. The Morgan fingerprint density at radius 2 is 1.51 bits per heavy atom. The Hall–Kier alpha value is -5.10. The minimum atomic E-state index is -1.51. The number of carboxylic acids is 1. The molecule has 0 aliphatic carbocycles. The maximum absolute atomic E-state index is 13.0. The van der Waals surface area contributed by atoms with Crippen LogP contribution in [0.2, 0.25) is 0 Å². The molecule has 3 aromatic carbocycles. The van der Waals surface area contributed by atoms with Crippen molar-refractivity contribution in [2.45, 2.75) is 25.3 Å². The molecule has 1 saturated heterocycles. The number of likely N-dealkylation sites (N-methyl/N-ethyl adjacent to an activating group) is 1. The lowest BCUT2D eigenvalue weighted by Crippen LogP contribution is -2.44. The number of carbonyl (C=O) groups excluding carboxylic acids is 3. The first-order valence-corrected chi connectivity index (χ1v) is 12.7. The highest BCUT2D eigenvalue weighted by atomic mass is 16.7. The van der Waals surface area contributed by atoms with E-state index in [9.17, 15) is 44.7 Å². The van der Waals surface area contributed by atoms with Gasteiger partial charge in [0.25, 0.3) is 5.91 Å². The highest BCUT2D eigenvalue weighted by Gasteiger charge is 2.30. The summed E-state index contributed by atoms with van der Waals surface area (Å²) >= 11 is 0. The van der Waals surface area contributed by atoms with Gasteiger partial charge in [-0.05, 0) is 67.8 Å². The summed E-state index contributed by atoms with van der Waals surface area (Å²) in [7, 11) is 1.64. The summed E-state index contributed by atoms with van der Waals surface area (Å²) in [4.78, 5) is 57.5. The molecule has 214 valence electrons. The second-order valence-electron chi connectivity index (χ2n) is 9.60. The van der Waals surface area contributed by atoms with E-state index < -0.39 is 51.7 Å². The molecule has 12 nitrogen and oxygen atoms in total. The van der Waals surface area contributed by atoms with Gasteiger partial charge in [0.15, 0.2) is 0 Å². The Labute approximate surface area is 234 Å². The molecule has 1 atom stereocenters. The van der Waals surface area contributed by atoms with Crippen LogP contribution in [0, 0.1) is 0 Å². The Morgan fingerprint density at radius 3 is 2.15 bits per heavy atom. The van der Waals surface area contributed by atoms with E-state index in [-0.39, 0.29) is 29.8 Å². The molecule has 5 N–H and O–H groups in total. The fourth-order valence-corrected chi connectivity index (χ4v) is 4.67. The van der Waals surface area contributed by atoms with Gasteiger partial charge in [0.05, 0.1) is 23.2 Å². The molecule has 0 spiro atoms. The molecule has 1 heterocycles. The number of hydrogen-bond donors (Lipinski definition) is 5. The number of hydrogen-bond acceptors (Lipinski definition) is 10. The first-order chi connectivity index (χ1) is 19.5. The number of amides is 1. The van der Waals surface area contributed by atoms with Crippen molar-refractivity contribution < 1.29 is 49.5 Å². The van der Waals surface area contributed by atoms with Gasteiger partial charge >= 0.3 is 11.9 Å². The van der Waals surface area contributed by atoms with Crippen molar-refractivity contribution in [1.29, 1.82) is 0 Å². The standard InChI is InChI=1S/C29H28N2O10/c1-30(27(37)16-8-10-19(32)11-9-16)18-5-2-3-12-31(15-18)41-29(40)17-13-22(34)25(23(35)14-17)26(36)24-20(28(38)39)6-4-7-21(24)33/h4,6-11,13-14,18,32-35H,2-3,5,12,15H2,1H3,(H,38,39). The molecule has 1 fully saturated rings. The predicted molar refractivity (Wildman–Crippen MR) is 143 cm³/mol. The van der Waals surface area contributed by atoms with Crippen LogP contribution in [0.25, 0.3) is 0 Å². The summed E-state index contributed by atoms with van der Waals surface area (Å²) in [6.07, 6.45) is 2.08. The summed E-state index contributed by atoms with van der Waals surface area (Å²) in [6.45, 7) is 0.551. The lowest BCUT2D eigenvalue weighted by Gasteiger charge is -2.30. The van der Waals surface area contributed by atoms with E-state index in [1.54, 1.807) is 11.9 Å². The van der Waals surface area contributed by atoms with Crippen molar-refractivity contribution in [1.82, 2.24) is 9.96 Å². The van der Waals surface area contributed by atoms with E-state index in [1.165, 1.54) is 35.4 Å². The number of aromatic hydroxyl groups is 4. The molecule has 41 heavy (non-hydrogen) atoms. The molecule has 4 rings (SSSR count). The number of carboxylic acid groups (broad SMARTS) is 1. The lowest BCUT2D eigenvalue weighted by atomic mass is 9.95. The number of carbonyl (C=O) groups is 4. The molecule has 12 heteroatoms. The number of benzene rings is 3. The topological polar surface area (TPSA) is 185 Å². The van der Waals surface area contributed by atoms with E-state index in [0.717, 1.165) is 30.7 Å². The molecule has 1 unspecified atom stereocenters. The SMILES string of the molecule is CN(C(=O)c1ccc(O)cc1)C1CCCCN(OC(=O)c2cc(O)c(C(=O)c3c(O)cccc3C(=O)O)c(O)c2)C1. The van der Waals surface area contributed by atoms with Gasteiger partial charge in [-0.3, -0.25) is 9.59 Å². The minimum absolute atomic E-state index is 0.0365. The second-order valence-corrected chi connectivity index (χ2v) is 9.60. The number of phenols is 4. The zero-order valence-corrected chi connectivity index (χ0v) is 22.0. The molecular weight excluding hydrogens is 536 g/mol. The van der Waals surface area contributed by atoms with Crippen LogP contribution in [0.1, 0.15) is 66.3 Å². The molecule has 1 aliphatic heterocycles. The van der Waals surface area contributed by atoms with Gasteiger partial charge in [-0.1, -0.05) is 6.07 Å². The van der Waals surface area contributed by atoms with Crippen LogP contribution in [0.5, 0.6) is 23.0 Å². The molecule has 1 amide bonds. The van der Waals surface area contributed by atoms with Crippen molar-refractivity contribution >= 4 is 23.6 Å². The predicted octanol–water partition coefficient (Wildman–Crippen LogP) is 3.14. The molecule has 0 aromatic heterocycles. The Balaban J connectivity index is 1.51. The van der Waals surface area contributed by atoms with Crippen LogP contribution in [-0.4, -0.2) is 85.3 Å². The third-order valence-electron chi connectivity index (χ3n) is 6.86. The monoisotopic (exact) mass is 564 g/mol. The summed E-state index contributed by atoms with van der Waals surface area (Å²) in [5.41, 5.74) is -1.78. The van der Waals surface area contributed by atoms with E-state index in [1.807, 2.05) is 0 Å². The maximum Gasteiger partial charge on any atom is 0.357 e. The zero-order chi connectivity index (χ0) is 29.8. The third-order valence-corrected chi connectivity index (χ3v) is 6.86. The summed E-state index contributed by atoms with van der Waals surface area (Å²) in [5, 5.41) is 51.4. The lowest BCUT2D eigenvalue weighted by molar-refractivity contribution is -0.114. The van der Waals surface area contributed by atoms with Crippen molar-refractivity contribution in [3.05, 3.63) is 82.4 Å². The molecule has 1 aliphatic rings. The van der Waals surface area contributed by atoms with Crippen molar-refractivity contribution in [2.24, 2.45) is 0 Å². The Morgan fingerprint density at radius 1 is 0.854 bits per heavy atom. The third kappa shape index (κ3) is 6.23. The number of phenolic OH excluding ortho intramolecular Hbond substituents is 4. The van der Waals surface area contributed by atoms with Crippen LogP contribution >= 0.6 is 0 Å². The largest absolute Gasteiger partial charge is 0.508 e. The summed E-state index contributed by atoms with van der Waals surface area (Å²) < 4.78 is 0. The van der Waals surface area contributed by atoms with E-state index >= 15 is 0 Å². The van der Waals surface area contributed by atoms with Gasteiger partial charge in [0, 0.05) is 25.2 Å². The van der Waals surface area contributed by atoms with Crippen LogP contribution in [0.4, 0.5) is 0 Å².